The quantitative estimate of drug-likeness (QED) is 0.473. The van der Waals surface area contributed by atoms with Crippen molar-refractivity contribution in [1.82, 2.24) is 4.57 Å². The number of esters is 1. The molecule has 1 aliphatic heterocycles. The molecule has 1 aromatic heterocycles. The van der Waals surface area contributed by atoms with E-state index in [0.717, 1.165) is 17.1 Å². The summed E-state index contributed by atoms with van der Waals surface area (Å²) in [6, 6.07) is 18.7. The molecule has 6 nitrogen and oxygen atoms in total. The van der Waals surface area contributed by atoms with E-state index in [1.54, 1.807) is 25.1 Å². The van der Waals surface area contributed by atoms with Crippen LogP contribution in [0.5, 0.6) is 11.5 Å². The molecule has 0 radical (unpaired) electrons. The molecule has 0 fully saturated rings. The van der Waals surface area contributed by atoms with Gasteiger partial charge in [0.15, 0.2) is 17.6 Å². The third-order valence-electron chi connectivity index (χ3n) is 5.14. The minimum atomic E-state index is -0.942. The fourth-order valence-corrected chi connectivity index (χ4v) is 3.64. The average Bonchev–Trinajstić information content (AvgIpc) is 3.07. The van der Waals surface area contributed by atoms with E-state index in [9.17, 15) is 9.59 Å². The van der Waals surface area contributed by atoms with Gasteiger partial charge in [0.2, 0.25) is 11.9 Å². The lowest BCUT2D eigenvalue weighted by Gasteiger charge is -2.25. The van der Waals surface area contributed by atoms with Crippen LogP contribution in [-0.2, 0) is 9.53 Å². The SMILES string of the molecule is Cc1cc(C(=O)[C@@H](C)OC(=O)[C@H]2COc3ccccc3O2)c(C)n1-c1ccccc1. The van der Waals surface area contributed by atoms with Crippen molar-refractivity contribution >= 4 is 11.8 Å². The van der Waals surface area contributed by atoms with Gasteiger partial charge in [0.1, 0.15) is 6.61 Å². The third-order valence-corrected chi connectivity index (χ3v) is 5.14. The highest BCUT2D eigenvalue weighted by molar-refractivity contribution is 6.01. The van der Waals surface area contributed by atoms with Gasteiger partial charge in [0, 0.05) is 22.6 Å². The lowest BCUT2D eigenvalue weighted by Crippen LogP contribution is -2.40. The molecule has 0 unspecified atom stereocenters. The average molecular weight is 405 g/mol. The molecule has 6 heteroatoms. The maximum Gasteiger partial charge on any atom is 0.351 e. The van der Waals surface area contributed by atoms with Crippen LogP contribution in [0.2, 0.25) is 0 Å². The summed E-state index contributed by atoms with van der Waals surface area (Å²) in [6.45, 7) is 5.45. The van der Waals surface area contributed by atoms with Gasteiger partial charge in [-0.25, -0.2) is 4.79 Å². The normalized spacial score (nSPS) is 16.0. The molecule has 4 rings (SSSR count). The Bertz CT molecular complexity index is 1090. The first-order valence-corrected chi connectivity index (χ1v) is 9.83. The Hall–Kier alpha value is -3.54. The predicted molar refractivity (Wildman–Crippen MR) is 111 cm³/mol. The predicted octanol–water partition coefficient (Wildman–Crippen LogP) is 4.05. The standard InChI is InChI=1S/C24H23NO5/c1-15-13-19(16(2)25(15)18-9-5-4-6-10-18)23(26)17(3)29-24(27)22-14-28-20-11-7-8-12-21(20)30-22/h4-13,17,22H,14H2,1-3H3/t17-,22-/m1/s1. The highest BCUT2D eigenvalue weighted by Crippen LogP contribution is 2.31. The number of aromatic nitrogens is 1. The largest absolute Gasteiger partial charge is 0.485 e. The van der Waals surface area contributed by atoms with Crippen LogP contribution in [0.4, 0.5) is 0 Å². The van der Waals surface area contributed by atoms with Gasteiger partial charge in [-0.15, -0.1) is 0 Å². The number of ketones is 1. The molecule has 3 aromatic rings. The van der Waals surface area contributed by atoms with E-state index in [2.05, 4.69) is 0 Å². The van der Waals surface area contributed by atoms with Crippen LogP contribution < -0.4 is 9.47 Å². The molecule has 0 amide bonds. The zero-order chi connectivity index (χ0) is 21.3. The van der Waals surface area contributed by atoms with Gasteiger partial charge in [0.05, 0.1) is 0 Å². The van der Waals surface area contributed by atoms with Gasteiger partial charge in [-0.3, -0.25) is 4.79 Å². The number of nitrogens with zero attached hydrogens (tertiary/aromatic N) is 1. The number of rotatable bonds is 5. The Morgan fingerprint density at radius 3 is 2.43 bits per heavy atom. The Labute approximate surface area is 175 Å². The number of hydrogen-bond acceptors (Lipinski definition) is 5. The van der Waals surface area contributed by atoms with Crippen LogP contribution >= 0.6 is 0 Å². The summed E-state index contributed by atoms with van der Waals surface area (Å²) >= 11 is 0. The Morgan fingerprint density at radius 2 is 1.70 bits per heavy atom. The summed E-state index contributed by atoms with van der Waals surface area (Å²) < 4.78 is 18.7. The van der Waals surface area contributed by atoms with Crippen molar-refractivity contribution in [3.05, 3.63) is 77.6 Å². The van der Waals surface area contributed by atoms with E-state index in [1.165, 1.54) is 0 Å². The number of carbonyl (C=O) groups is 2. The van der Waals surface area contributed by atoms with Gasteiger partial charge < -0.3 is 18.8 Å². The minimum Gasteiger partial charge on any atom is -0.485 e. The topological polar surface area (TPSA) is 66.8 Å². The summed E-state index contributed by atoms with van der Waals surface area (Å²) in [5, 5.41) is 0. The first-order valence-electron chi connectivity index (χ1n) is 9.83. The number of carbonyl (C=O) groups excluding carboxylic acids is 2. The number of benzene rings is 2. The van der Waals surface area contributed by atoms with Crippen molar-refractivity contribution in [2.45, 2.75) is 33.0 Å². The molecule has 0 spiro atoms. The second-order valence-corrected chi connectivity index (χ2v) is 7.26. The lowest BCUT2D eigenvalue weighted by atomic mass is 10.1. The zero-order valence-corrected chi connectivity index (χ0v) is 17.1. The van der Waals surface area contributed by atoms with Crippen molar-refractivity contribution in [1.29, 1.82) is 0 Å². The van der Waals surface area contributed by atoms with Crippen LogP contribution in [0.3, 0.4) is 0 Å². The van der Waals surface area contributed by atoms with Gasteiger partial charge in [-0.1, -0.05) is 30.3 Å². The monoisotopic (exact) mass is 405 g/mol. The van der Waals surface area contributed by atoms with Crippen molar-refractivity contribution in [3.63, 3.8) is 0 Å². The first kappa shape index (κ1) is 19.8. The van der Waals surface area contributed by atoms with E-state index >= 15 is 0 Å². The Morgan fingerprint density at radius 1 is 1.03 bits per heavy atom. The smallest absolute Gasteiger partial charge is 0.351 e. The molecule has 30 heavy (non-hydrogen) atoms. The van der Waals surface area contributed by atoms with Crippen LogP contribution in [-0.4, -0.2) is 35.1 Å². The minimum absolute atomic E-state index is 0.0409. The maximum atomic E-state index is 13.0. The van der Waals surface area contributed by atoms with E-state index in [4.69, 9.17) is 14.2 Å². The van der Waals surface area contributed by atoms with Gasteiger partial charge in [0.25, 0.3) is 0 Å². The zero-order valence-electron chi connectivity index (χ0n) is 17.1. The number of ether oxygens (including phenoxy) is 3. The molecule has 0 saturated heterocycles. The molecule has 0 bridgehead atoms. The summed E-state index contributed by atoms with van der Waals surface area (Å²) in [5.74, 6) is 0.188. The second-order valence-electron chi connectivity index (χ2n) is 7.26. The highest BCUT2D eigenvalue weighted by Gasteiger charge is 2.32. The van der Waals surface area contributed by atoms with Gasteiger partial charge in [-0.2, -0.15) is 0 Å². The van der Waals surface area contributed by atoms with Gasteiger partial charge in [-0.05, 0) is 51.1 Å². The Kier molecular flexibility index (Phi) is 5.31. The number of fused-ring (bicyclic) bond motifs is 1. The van der Waals surface area contributed by atoms with E-state index < -0.39 is 18.2 Å². The van der Waals surface area contributed by atoms with Crippen molar-refractivity contribution in [2.75, 3.05) is 6.61 Å². The van der Waals surface area contributed by atoms with E-state index in [-0.39, 0.29) is 12.4 Å². The van der Waals surface area contributed by atoms with Crippen LogP contribution in [0.1, 0.15) is 28.7 Å². The summed E-state index contributed by atoms with van der Waals surface area (Å²) in [5.41, 5.74) is 3.24. The molecule has 0 N–H and O–H groups in total. The van der Waals surface area contributed by atoms with Crippen LogP contribution in [0.25, 0.3) is 5.69 Å². The number of Topliss-reactive ketones (excluding diaryl/α,β-unsaturated/α-hetero) is 1. The van der Waals surface area contributed by atoms with Crippen molar-refractivity contribution in [2.24, 2.45) is 0 Å². The number of para-hydroxylation sites is 3. The molecule has 2 atom stereocenters. The van der Waals surface area contributed by atoms with E-state index in [1.807, 2.05) is 60.9 Å². The molecule has 154 valence electrons. The van der Waals surface area contributed by atoms with Crippen molar-refractivity contribution in [3.8, 4) is 17.2 Å². The lowest BCUT2D eigenvalue weighted by molar-refractivity contribution is -0.157. The summed E-state index contributed by atoms with van der Waals surface area (Å²) in [6.07, 6.45) is -1.85. The molecule has 0 aliphatic carbocycles. The van der Waals surface area contributed by atoms with Crippen molar-refractivity contribution < 1.29 is 23.8 Å². The summed E-state index contributed by atoms with van der Waals surface area (Å²) in [7, 11) is 0. The molecule has 1 aliphatic rings. The Balaban J connectivity index is 1.48. The fraction of sp³-hybridized carbons (Fsp3) is 0.250. The molecule has 2 aromatic carbocycles. The fourth-order valence-electron chi connectivity index (χ4n) is 3.64. The van der Waals surface area contributed by atoms with Gasteiger partial charge >= 0.3 is 5.97 Å². The number of hydrogen-bond donors (Lipinski definition) is 0. The highest BCUT2D eigenvalue weighted by atomic mass is 16.6. The maximum absolute atomic E-state index is 13.0. The number of aryl methyl sites for hydroxylation is 1. The molecule has 2 heterocycles. The molecule has 0 saturated carbocycles. The second kappa shape index (κ2) is 8.06. The molecular weight excluding hydrogens is 382 g/mol. The third kappa shape index (κ3) is 3.68. The van der Waals surface area contributed by atoms with Crippen LogP contribution in [0.15, 0.2) is 60.7 Å². The van der Waals surface area contributed by atoms with Crippen LogP contribution in [0, 0.1) is 13.8 Å². The summed E-state index contributed by atoms with van der Waals surface area (Å²) in [4.78, 5) is 25.6. The van der Waals surface area contributed by atoms with E-state index in [0.29, 0.717) is 17.1 Å². The first-order chi connectivity index (χ1) is 14.5. The molecular formula is C24H23NO5.